The Balaban J connectivity index is 1.57. The summed E-state index contributed by atoms with van der Waals surface area (Å²) in [6, 6.07) is 28.3. The molecule has 1 unspecified atom stereocenters. The van der Waals surface area contributed by atoms with Crippen molar-refractivity contribution in [3.63, 3.8) is 0 Å². The standard InChI is InChI=1S/C47H64N7O7PSi/c1-31(2)54(32(3)4)62(58-28-16-27-48)60-41-39(59-45(42(41)61-63(11,12)46(6,7)8)53-33(5)52-40-43(49)50-30-51-44(40)53)29-57-47(34-17-14-13-15-18-34,35-19-23-37(55-9)24-20-35)36-21-25-38(56-10)26-22-36/h13-15,17-26,30-32,39,41-42,45H,16,28-29H2,1-12H3,(H2,49,50,51)/t39-,41-,42-,45-,62?/m1/s1. The molecular formula is C47H64N7O7PSi. The van der Waals surface area contributed by atoms with Crippen molar-refractivity contribution in [1.82, 2.24) is 24.2 Å². The van der Waals surface area contributed by atoms with E-state index in [0.29, 0.717) is 28.5 Å². The lowest BCUT2D eigenvalue weighted by Crippen LogP contribution is -2.50. The summed E-state index contributed by atoms with van der Waals surface area (Å²) in [5, 5.41) is 9.41. The fourth-order valence-electron chi connectivity index (χ4n) is 7.84. The number of nitriles is 1. The number of imidazole rings is 1. The smallest absolute Gasteiger partial charge is 0.259 e. The van der Waals surface area contributed by atoms with Gasteiger partial charge in [0.2, 0.25) is 0 Å². The molecule has 1 saturated heterocycles. The van der Waals surface area contributed by atoms with Gasteiger partial charge >= 0.3 is 0 Å². The van der Waals surface area contributed by atoms with Gasteiger partial charge in [0, 0.05) is 12.1 Å². The fourth-order valence-corrected chi connectivity index (χ4v) is 10.9. The molecule has 2 N–H and O–H groups in total. The number of hydrogen-bond acceptors (Lipinski definition) is 13. The second kappa shape index (κ2) is 20.1. The quantitative estimate of drug-likeness (QED) is 0.0361. The highest BCUT2D eigenvalue weighted by molar-refractivity contribution is 7.44. The number of methoxy groups -OCH3 is 2. The van der Waals surface area contributed by atoms with Gasteiger partial charge in [-0.05, 0) is 93.7 Å². The number of rotatable bonds is 19. The number of anilines is 1. The van der Waals surface area contributed by atoms with Gasteiger partial charge in [0.05, 0.1) is 39.9 Å². The van der Waals surface area contributed by atoms with Gasteiger partial charge in [-0.25, -0.2) is 19.6 Å². The molecule has 5 aromatic rings. The van der Waals surface area contributed by atoms with E-state index in [1.807, 2.05) is 78.2 Å². The first kappa shape index (κ1) is 48.0. The Morgan fingerprint density at radius 3 is 1.97 bits per heavy atom. The molecule has 3 heterocycles. The Morgan fingerprint density at radius 2 is 1.44 bits per heavy atom. The number of aryl methyl sites for hydroxylation is 1. The van der Waals surface area contributed by atoms with Crippen molar-refractivity contribution in [2.75, 3.05) is 33.2 Å². The molecule has 0 saturated carbocycles. The largest absolute Gasteiger partial charge is 0.497 e. The Bertz CT molecular complexity index is 2240. The first-order chi connectivity index (χ1) is 30.0. The zero-order valence-corrected chi connectivity index (χ0v) is 40.6. The first-order valence-electron chi connectivity index (χ1n) is 21.5. The molecule has 0 aliphatic carbocycles. The molecule has 63 heavy (non-hydrogen) atoms. The van der Waals surface area contributed by atoms with Crippen LogP contribution in [0.4, 0.5) is 5.82 Å². The molecule has 0 radical (unpaired) electrons. The maximum Gasteiger partial charge on any atom is 0.259 e. The molecule has 6 rings (SSSR count). The topological polar surface area (TPSA) is 161 Å². The van der Waals surface area contributed by atoms with E-state index in [2.05, 4.69) is 94.4 Å². The Morgan fingerprint density at radius 1 is 0.873 bits per heavy atom. The van der Waals surface area contributed by atoms with Gasteiger partial charge < -0.3 is 38.2 Å². The lowest BCUT2D eigenvalue weighted by molar-refractivity contribution is -0.0930. The van der Waals surface area contributed by atoms with Crippen LogP contribution in [-0.2, 0) is 28.5 Å². The highest BCUT2D eigenvalue weighted by Crippen LogP contribution is 2.53. The average molecular weight is 898 g/mol. The first-order valence-corrected chi connectivity index (χ1v) is 25.5. The van der Waals surface area contributed by atoms with Crippen LogP contribution in [0.15, 0.2) is 85.2 Å². The number of nitrogens with zero attached hydrogens (tertiary/aromatic N) is 6. The van der Waals surface area contributed by atoms with Crippen LogP contribution in [0.1, 0.15) is 83.6 Å². The molecule has 1 aliphatic heterocycles. The molecule has 0 amide bonds. The average Bonchev–Trinajstić information content (AvgIpc) is 3.76. The maximum absolute atomic E-state index is 9.60. The number of benzene rings is 3. The van der Waals surface area contributed by atoms with Crippen LogP contribution < -0.4 is 15.2 Å². The van der Waals surface area contributed by atoms with E-state index >= 15 is 0 Å². The zero-order valence-electron chi connectivity index (χ0n) is 38.7. The van der Waals surface area contributed by atoms with Crippen molar-refractivity contribution in [1.29, 1.82) is 5.26 Å². The third-order valence-electron chi connectivity index (χ3n) is 12.0. The van der Waals surface area contributed by atoms with E-state index in [-0.39, 0.29) is 42.6 Å². The lowest BCUT2D eigenvalue weighted by Gasteiger charge is -2.42. The third kappa shape index (κ3) is 10.1. The molecule has 16 heteroatoms. The second-order valence-corrected chi connectivity index (χ2v) is 24.0. The predicted molar refractivity (Wildman–Crippen MR) is 249 cm³/mol. The van der Waals surface area contributed by atoms with E-state index < -0.39 is 47.0 Å². The van der Waals surface area contributed by atoms with Crippen molar-refractivity contribution in [3.8, 4) is 17.6 Å². The number of aromatic nitrogens is 4. The Kier molecular flexibility index (Phi) is 15.3. The van der Waals surface area contributed by atoms with Crippen molar-refractivity contribution in [3.05, 3.63) is 108 Å². The Hall–Kier alpha value is -4.49. The molecule has 338 valence electrons. The summed E-state index contributed by atoms with van der Waals surface area (Å²) in [6.07, 6.45) is -1.35. The molecule has 3 aromatic carbocycles. The molecule has 2 aromatic heterocycles. The summed E-state index contributed by atoms with van der Waals surface area (Å²) in [5.74, 6) is 2.32. The number of nitrogen functional groups attached to an aromatic ring is 1. The summed E-state index contributed by atoms with van der Waals surface area (Å²) in [4.78, 5) is 13.8. The summed E-state index contributed by atoms with van der Waals surface area (Å²) in [6.45, 7) is 21.7. The minimum absolute atomic E-state index is 0.0407. The van der Waals surface area contributed by atoms with Crippen LogP contribution in [0.3, 0.4) is 0 Å². The third-order valence-corrected chi connectivity index (χ3v) is 18.6. The number of ether oxygens (including phenoxy) is 4. The van der Waals surface area contributed by atoms with Crippen molar-refractivity contribution < 1.29 is 32.4 Å². The second-order valence-electron chi connectivity index (χ2n) is 17.8. The van der Waals surface area contributed by atoms with E-state index in [4.69, 9.17) is 43.1 Å². The van der Waals surface area contributed by atoms with Gasteiger partial charge in [-0.1, -0.05) is 75.4 Å². The summed E-state index contributed by atoms with van der Waals surface area (Å²) in [7, 11) is -1.05. The lowest BCUT2D eigenvalue weighted by atomic mass is 9.80. The normalized spacial score (nSPS) is 19.0. The molecule has 0 bridgehead atoms. The van der Waals surface area contributed by atoms with Crippen LogP contribution in [-0.4, -0.2) is 90.3 Å². The molecule has 14 nitrogen and oxygen atoms in total. The van der Waals surface area contributed by atoms with Gasteiger partial charge in [-0.2, -0.15) is 5.26 Å². The van der Waals surface area contributed by atoms with Crippen LogP contribution in [0, 0.1) is 18.3 Å². The highest BCUT2D eigenvalue weighted by Gasteiger charge is 2.55. The highest BCUT2D eigenvalue weighted by atomic mass is 31.2. The van der Waals surface area contributed by atoms with Crippen molar-refractivity contribution >= 4 is 33.8 Å². The maximum atomic E-state index is 9.60. The van der Waals surface area contributed by atoms with Crippen LogP contribution >= 0.6 is 8.53 Å². The monoisotopic (exact) mass is 897 g/mol. The van der Waals surface area contributed by atoms with Gasteiger partial charge in [-0.3, -0.25) is 4.57 Å². The summed E-state index contributed by atoms with van der Waals surface area (Å²) in [5.41, 5.74) is 8.88. The molecule has 1 aliphatic rings. The Labute approximate surface area is 375 Å². The van der Waals surface area contributed by atoms with E-state index in [0.717, 1.165) is 16.7 Å². The van der Waals surface area contributed by atoms with Crippen LogP contribution in [0.2, 0.25) is 18.1 Å². The molecule has 1 fully saturated rings. The van der Waals surface area contributed by atoms with E-state index in [1.165, 1.54) is 6.33 Å². The van der Waals surface area contributed by atoms with Gasteiger partial charge in [0.25, 0.3) is 8.53 Å². The van der Waals surface area contributed by atoms with Gasteiger partial charge in [0.15, 0.2) is 31.5 Å². The molecule has 0 spiro atoms. The van der Waals surface area contributed by atoms with Gasteiger partial charge in [0.1, 0.15) is 47.6 Å². The minimum atomic E-state index is -2.59. The minimum Gasteiger partial charge on any atom is -0.497 e. The van der Waals surface area contributed by atoms with E-state index in [9.17, 15) is 5.26 Å². The molecular weight excluding hydrogens is 834 g/mol. The number of hydrogen-bond donors (Lipinski definition) is 1. The van der Waals surface area contributed by atoms with Crippen LogP contribution in [0.5, 0.6) is 11.5 Å². The fraction of sp³-hybridized carbons (Fsp3) is 0.489. The number of fused-ring (bicyclic) bond motifs is 1. The van der Waals surface area contributed by atoms with Crippen LogP contribution in [0.25, 0.3) is 11.2 Å². The van der Waals surface area contributed by atoms with E-state index in [1.54, 1.807) is 14.2 Å². The van der Waals surface area contributed by atoms with Crippen molar-refractivity contribution in [2.45, 2.75) is 122 Å². The van der Waals surface area contributed by atoms with Gasteiger partial charge in [-0.15, -0.1) is 0 Å². The van der Waals surface area contributed by atoms with Crippen molar-refractivity contribution in [2.24, 2.45) is 0 Å². The summed E-state index contributed by atoms with van der Waals surface area (Å²) < 4.78 is 51.8. The zero-order chi connectivity index (χ0) is 45.7. The SMILES string of the molecule is COc1ccc(C(OC[C@H]2O[C@@H](n3c(C)nc4c(N)ncnc43)[C@H](O[Si](C)(C)C(C)(C)C)[C@@H]2OP(OCCC#N)N(C(C)C)C(C)C)(c2ccccc2)c2ccc(OC)cc2)cc1. The number of nitrogens with two attached hydrogens (primary N) is 1. The predicted octanol–water partition coefficient (Wildman–Crippen LogP) is 9.69. The molecule has 5 atom stereocenters. The summed E-state index contributed by atoms with van der Waals surface area (Å²) >= 11 is 0.